The number of fused-ring (bicyclic) bond motifs is 1. The summed E-state index contributed by atoms with van der Waals surface area (Å²) in [6.45, 7) is 0. The highest BCUT2D eigenvalue weighted by Gasteiger charge is 2.08. The molecule has 0 unspecified atom stereocenters. The van der Waals surface area contributed by atoms with E-state index in [4.69, 9.17) is 23.1 Å². The van der Waals surface area contributed by atoms with Crippen LogP contribution >= 0.6 is 22.9 Å². The summed E-state index contributed by atoms with van der Waals surface area (Å²) >= 11 is 7.42. The largest absolute Gasteiger partial charge is 0.398 e. The molecule has 13 heavy (non-hydrogen) atoms. The molecular formula is C9H9ClN2S. The molecule has 68 valence electrons. The summed E-state index contributed by atoms with van der Waals surface area (Å²) in [7, 11) is 0. The first-order chi connectivity index (χ1) is 6.24. The number of nitrogen functional groups attached to an aromatic ring is 2. The van der Waals surface area contributed by atoms with Crippen molar-refractivity contribution in [1.29, 1.82) is 0 Å². The van der Waals surface area contributed by atoms with E-state index in [2.05, 4.69) is 0 Å². The highest BCUT2D eigenvalue weighted by Crippen LogP contribution is 2.34. The van der Waals surface area contributed by atoms with Crippen molar-refractivity contribution in [3.05, 3.63) is 23.1 Å². The normalized spacial score (nSPS) is 10.8. The van der Waals surface area contributed by atoms with Crippen LogP contribution in [-0.2, 0) is 5.88 Å². The highest BCUT2D eigenvalue weighted by molar-refractivity contribution is 7.17. The highest BCUT2D eigenvalue weighted by atomic mass is 35.5. The molecule has 2 aromatic rings. The van der Waals surface area contributed by atoms with Gasteiger partial charge < -0.3 is 11.5 Å². The summed E-state index contributed by atoms with van der Waals surface area (Å²) in [6, 6.07) is 3.84. The Morgan fingerprint density at radius 3 is 2.69 bits per heavy atom. The number of rotatable bonds is 1. The standard InChI is InChI=1S/C9H9ClN2S/c10-3-5-6(11)1-2-8-9(5)7(12)4-13-8/h1-2,4H,3,11-12H2. The molecule has 2 rings (SSSR count). The average Bonchev–Trinajstić information content (AvgIpc) is 2.49. The van der Waals surface area contributed by atoms with Crippen molar-refractivity contribution in [2.24, 2.45) is 0 Å². The van der Waals surface area contributed by atoms with E-state index in [1.54, 1.807) is 11.3 Å². The lowest BCUT2D eigenvalue weighted by Crippen LogP contribution is -1.93. The molecule has 0 fully saturated rings. The van der Waals surface area contributed by atoms with E-state index in [9.17, 15) is 0 Å². The maximum Gasteiger partial charge on any atom is 0.0506 e. The molecule has 4 N–H and O–H groups in total. The van der Waals surface area contributed by atoms with Crippen molar-refractivity contribution < 1.29 is 0 Å². The third-order valence-corrected chi connectivity index (χ3v) is 3.28. The van der Waals surface area contributed by atoms with E-state index in [1.807, 2.05) is 17.5 Å². The van der Waals surface area contributed by atoms with E-state index in [-0.39, 0.29) is 0 Å². The van der Waals surface area contributed by atoms with E-state index in [0.717, 1.165) is 21.3 Å². The smallest absolute Gasteiger partial charge is 0.0506 e. The van der Waals surface area contributed by atoms with E-state index >= 15 is 0 Å². The van der Waals surface area contributed by atoms with Crippen LogP contribution in [0.25, 0.3) is 10.1 Å². The SMILES string of the molecule is Nc1ccc2scc(N)c2c1CCl. The van der Waals surface area contributed by atoms with Gasteiger partial charge in [0.15, 0.2) is 0 Å². The zero-order valence-electron chi connectivity index (χ0n) is 6.88. The Hall–Kier alpha value is -0.930. The Morgan fingerprint density at radius 2 is 2.00 bits per heavy atom. The number of nitrogens with two attached hydrogens (primary N) is 2. The van der Waals surface area contributed by atoms with Gasteiger partial charge in [-0.15, -0.1) is 22.9 Å². The number of alkyl halides is 1. The summed E-state index contributed by atoms with van der Waals surface area (Å²) in [4.78, 5) is 0. The van der Waals surface area contributed by atoms with Crippen LogP contribution in [0.2, 0.25) is 0 Å². The fourth-order valence-corrected chi connectivity index (χ4v) is 2.55. The van der Waals surface area contributed by atoms with Gasteiger partial charge in [0, 0.05) is 26.7 Å². The van der Waals surface area contributed by atoms with Crippen molar-refractivity contribution in [2.45, 2.75) is 5.88 Å². The second kappa shape index (κ2) is 3.09. The lowest BCUT2D eigenvalue weighted by molar-refractivity contribution is 1.46. The Morgan fingerprint density at radius 1 is 1.23 bits per heavy atom. The van der Waals surface area contributed by atoms with Crippen LogP contribution < -0.4 is 11.5 Å². The van der Waals surface area contributed by atoms with Crippen LogP contribution in [0.4, 0.5) is 11.4 Å². The lowest BCUT2D eigenvalue weighted by Gasteiger charge is -2.03. The Bertz CT molecular complexity index is 450. The first kappa shape index (κ1) is 8.66. The number of hydrogen-bond acceptors (Lipinski definition) is 3. The molecule has 0 saturated heterocycles. The van der Waals surface area contributed by atoms with Crippen LogP contribution in [0.5, 0.6) is 0 Å². The fraction of sp³-hybridized carbons (Fsp3) is 0.111. The summed E-state index contributed by atoms with van der Waals surface area (Å²) in [5.41, 5.74) is 14.0. The van der Waals surface area contributed by atoms with Gasteiger partial charge in [0.25, 0.3) is 0 Å². The number of halogens is 1. The fourth-order valence-electron chi connectivity index (χ4n) is 1.39. The predicted octanol–water partition coefficient (Wildman–Crippen LogP) is 2.80. The summed E-state index contributed by atoms with van der Waals surface area (Å²) in [6.07, 6.45) is 0. The average molecular weight is 213 g/mol. The Labute approximate surface area is 85.1 Å². The van der Waals surface area contributed by atoms with Gasteiger partial charge in [0.2, 0.25) is 0 Å². The Kier molecular flexibility index (Phi) is 2.06. The lowest BCUT2D eigenvalue weighted by atomic mass is 10.1. The predicted molar refractivity (Wildman–Crippen MR) is 60.2 cm³/mol. The molecule has 0 atom stereocenters. The van der Waals surface area contributed by atoms with E-state index in [1.165, 1.54) is 0 Å². The number of hydrogen-bond donors (Lipinski definition) is 2. The first-order valence-corrected chi connectivity index (χ1v) is 5.25. The molecule has 1 aromatic carbocycles. The molecule has 0 bridgehead atoms. The first-order valence-electron chi connectivity index (χ1n) is 3.84. The van der Waals surface area contributed by atoms with E-state index < -0.39 is 0 Å². The minimum absolute atomic E-state index is 0.407. The van der Waals surface area contributed by atoms with Crippen molar-refractivity contribution >= 4 is 44.4 Å². The van der Waals surface area contributed by atoms with Crippen molar-refractivity contribution in [2.75, 3.05) is 11.5 Å². The van der Waals surface area contributed by atoms with Gasteiger partial charge in [-0.05, 0) is 12.1 Å². The van der Waals surface area contributed by atoms with Crippen LogP contribution in [0.1, 0.15) is 5.56 Å². The maximum atomic E-state index is 5.82. The molecule has 2 nitrogen and oxygen atoms in total. The van der Waals surface area contributed by atoms with Gasteiger partial charge in [-0.3, -0.25) is 0 Å². The Balaban J connectivity index is 2.88. The molecule has 0 radical (unpaired) electrons. The molecule has 0 aliphatic rings. The van der Waals surface area contributed by atoms with Gasteiger partial charge in [-0.1, -0.05) is 0 Å². The van der Waals surface area contributed by atoms with Crippen LogP contribution in [0.3, 0.4) is 0 Å². The molecule has 0 aliphatic heterocycles. The second-order valence-corrected chi connectivity index (χ2v) is 4.01. The van der Waals surface area contributed by atoms with Crippen LogP contribution in [0, 0.1) is 0 Å². The molecule has 1 aromatic heterocycles. The topological polar surface area (TPSA) is 52.0 Å². The van der Waals surface area contributed by atoms with Crippen molar-refractivity contribution in [3.63, 3.8) is 0 Å². The zero-order chi connectivity index (χ0) is 9.42. The number of benzene rings is 1. The van der Waals surface area contributed by atoms with Gasteiger partial charge >= 0.3 is 0 Å². The van der Waals surface area contributed by atoms with Crippen molar-refractivity contribution in [1.82, 2.24) is 0 Å². The quantitative estimate of drug-likeness (QED) is 0.564. The minimum Gasteiger partial charge on any atom is -0.398 e. The summed E-state index contributed by atoms with van der Waals surface area (Å²) in [5.74, 6) is 0.407. The molecule has 0 amide bonds. The molecule has 0 spiro atoms. The molecular weight excluding hydrogens is 204 g/mol. The molecule has 0 aliphatic carbocycles. The van der Waals surface area contributed by atoms with Gasteiger partial charge in [0.1, 0.15) is 0 Å². The van der Waals surface area contributed by atoms with Gasteiger partial charge in [-0.2, -0.15) is 0 Å². The van der Waals surface area contributed by atoms with Crippen LogP contribution in [-0.4, -0.2) is 0 Å². The third kappa shape index (κ3) is 1.24. The van der Waals surface area contributed by atoms with E-state index in [0.29, 0.717) is 11.6 Å². The van der Waals surface area contributed by atoms with Crippen LogP contribution in [0.15, 0.2) is 17.5 Å². The minimum atomic E-state index is 0.407. The molecule has 0 saturated carbocycles. The summed E-state index contributed by atoms with van der Waals surface area (Å²) < 4.78 is 1.14. The van der Waals surface area contributed by atoms with Gasteiger partial charge in [0.05, 0.1) is 11.6 Å². The maximum absolute atomic E-state index is 5.82. The summed E-state index contributed by atoms with van der Waals surface area (Å²) in [5, 5.41) is 2.93. The third-order valence-electron chi connectivity index (χ3n) is 2.05. The zero-order valence-corrected chi connectivity index (χ0v) is 8.45. The number of thiophene rings is 1. The second-order valence-electron chi connectivity index (χ2n) is 2.83. The molecule has 4 heteroatoms. The van der Waals surface area contributed by atoms with Crippen molar-refractivity contribution in [3.8, 4) is 0 Å². The molecule has 1 heterocycles. The van der Waals surface area contributed by atoms with Gasteiger partial charge in [-0.25, -0.2) is 0 Å². The monoisotopic (exact) mass is 212 g/mol. The number of anilines is 2.